The summed E-state index contributed by atoms with van der Waals surface area (Å²) in [5.74, 6) is 0.590. The molecule has 0 saturated carbocycles. The minimum Gasteiger partial charge on any atom is -0.342 e. The first-order chi connectivity index (χ1) is 13.9. The fourth-order valence-electron chi connectivity index (χ4n) is 3.82. The van der Waals surface area contributed by atoms with Crippen LogP contribution in [0.1, 0.15) is 63.5 Å². The summed E-state index contributed by atoms with van der Waals surface area (Å²) < 4.78 is 0. The van der Waals surface area contributed by atoms with Gasteiger partial charge in [0.1, 0.15) is 5.82 Å². The average molecular weight is 390 g/mol. The van der Waals surface area contributed by atoms with E-state index in [4.69, 9.17) is 0 Å². The second-order valence-corrected chi connectivity index (χ2v) is 7.87. The molecule has 2 heterocycles. The molecular weight excluding hydrogens is 364 g/mol. The lowest BCUT2D eigenvalue weighted by molar-refractivity contribution is 0.0791. The number of hydrogen-bond acceptors (Lipinski definition) is 3. The number of rotatable bonds is 4. The lowest BCUT2D eigenvalue weighted by Crippen LogP contribution is -2.29. The molecule has 2 aromatic carbocycles. The van der Waals surface area contributed by atoms with Gasteiger partial charge in [-0.25, -0.2) is 4.98 Å². The summed E-state index contributed by atoms with van der Waals surface area (Å²) in [7, 11) is 0. The molecule has 0 radical (unpaired) electrons. The molecule has 0 spiro atoms. The van der Waals surface area contributed by atoms with Crippen LogP contribution in [0.2, 0.25) is 0 Å². The van der Waals surface area contributed by atoms with E-state index in [1.54, 1.807) is 18.2 Å². The topological polar surface area (TPSA) is 78.1 Å². The third kappa shape index (κ3) is 3.88. The number of carbonyl (C=O) groups excluding carboxylic acids is 2. The highest BCUT2D eigenvalue weighted by molar-refractivity contribution is 5.99. The molecule has 1 aliphatic heterocycles. The zero-order valence-corrected chi connectivity index (χ0v) is 17.1. The van der Waals surface area contributed by atoms with Crippen LogP contribution in [0.25, 0.3) is 11.0 Å². The van der Waals surface area contributed by atoms with Crippen molar-refractivity contribution >= 4 is 22.8 Å². The third-order valence-electron chi connectivity index (χ3n) is 5.53. The number of likely N-dealkylation sites (tertiary alicyclic amines) is 1. The minimum atomic E-state index is -0.263. The summed E-state index contributed by atoms with van der Waals surface area (Å²) >= 11 is 0. The molecule has 150 valence electrons. The Bertz CT molecular complexity index is 1080. The van der Waals surface area contributed by atoms with Crippen LogP contribution in [0.3, 0.4) is 0 Å². The van der Waals surface area contributed by atoms with Crippen molar-refractivity contribution in [1.29, 1.82) is 0 Å². The van der Waals surface area contributed by atoms with E-state index in [9.17, 15) is 9.59 Å². The van der Waals surface area contributed by atoms with E-state index in [1.165, 1.54) is 0 Å². The Balaban J connectivity index is 1.48. The highest BCUT2D eigenvalue weighted by atomic mass is 16.2. The van der Waals surface area contributed by atoms with Gasteiger partial charge in [0.25, 0.3) is 11.8 Å². The summed E-state index contributed by atoms with van der Waals surface area (Å²) in [5.41, 5.74) is 5.02. The molecule has 3 aromatic rings. The monoisotopic (exact) mass is 390 g/mol. The maximum Gasteiger partial charge on any atom is 0.254 e. The Hall–Kier alpha value is -3.15. The molecule has 1 saturated heterocycles. The first-order valence-electron chi connectivity index (χ1n) is 10.1. The predicted molar refractivity (Wildman–Crippen MR) is 113 cm³/mol. The van der Waals surface area contributed by atoms with Crippen molar-refractivity contribution in [1.82, 2.24) is 20.2 Å². The lowest BCUT2D eigenvalue weighted by Gasteiger charge is -2.17. The van der Waals surface area contributed by atoms with Crippen LogP contribution in [0.4, 0.5) is 0 Å². The molecular formula is C23H26N4O2. The number of nitrogens with zero attached hydrogens (tertiary/aromatic N) is 2. The van der Waals surface area contributed by atoms with Gasteiger partial charge in [0.05, 0.1) is 17.1 Å². The Morgan fingerprint density at radius 3 is 2.59 bits per heavy atom. The van der Waals surface area contributed by atoms with E-state index in [0.29, 0.717) is 11.1 Å². The van der Waals surface area contributed by atoms with Gasteiger partial charge in [-0.2, -0.15) is 0 Å². The summed E-state index contributed by atoms with van der Waals surface area (Å²) in [4.78, 5) is 35.1. The van der Waals surface area contributed by atoms with Crippen LogP contribution in [-0.2, 0) is 0 Å². The van der Waals surface area contributed by atoms with E-state index in [0.717, 1.165) is 53.9 Å². The van der Waals surface area contributed by atoms with Crippen molar-refractivity contribution < 1.29 is 9.59 Å². The van der Waals surface area contributed by atoms with Crippen LogP contribution in [-0.4, -0.2) is 39.8 Å². The summed E-state index contributed by atoms with van der Waals surface area (Å²) in [6, 6.07) is 11.0. The molecule has 6 nitrogen and oxygen atoms in total. The number of fused-ring (bicyclic) bond motifs is 1. The van der Waals surface area contributed by atoms with Crippen LogP contribution < -0.4 is 5.32 Å². The molecule has 2 amide bonds. The normalized spacial score (nSPS) is 14.9. The largest absolute Gasteiger partial charge is 0.342 e. The Labute approximate surface area is 170 Å². The smallest absolute Gasteiger partial charge is 0.254 e. The standard InChI is InChI=1S/C23H26N4O2/c1-14-6-9-19-20(12-14)26-21(25-19)16(3)24-22(28)17-7-8-18(15(2)13-17)23(29)27-10-4-5-11-27/h6-9,12-13,16H,4-5,10-11H2,1-3H3,(H,24,28)(H,25,26). The number of imidazole rings is 1. The number of H-pyrrole nitrogens is 1. The number of hydrogen-bond donors (Lipinski definition) is 2. The second kappa shape index (κ2) is 7.70. The highest BCUT2D eigenvalue weighted by Gasteiger charge is 2.22. The maximum atomic E-state index is 12.7. The van der Waals surface area contributed by atoms with Crippen molar-refractivity contribution in [3.63, 3.8) is 0 Å². The van der Waals surface area contributed by atoms with Gasteiger partial charge in [-0.1, -0.05) is 6.07 Å². The first-order valence-corrected chi connectivity index (χ1v) is 10.1. The number of nitrogens with one attached hydrogen (secondary N) is 2. The number of aryl methyl sites for hydroxylation is 2. The minimum absolute atomic E-state index is 0.0536. The molecule has 0 aliphatic carbocycles. The zero-order chi connectivity index (χ0) is 20.5. The Kier molecular flexibility index (Phi) is 5.09. The van der Waals surface area contributed by atoms with E-state index < -0.39 is 0 Å². The third-order valence-corrected chi connectivity index (χ3v) is 5.53. The molecule has 2 N–H and O–H groups in total. The molecule has 1 aromatic heterocycles. The van der Waals surface area contributed by atoms with Gasteiger partial charge in [-0.05, 0) is 75.1 Å². The second-order valence-electron chi connectivity index (χ2n) is 7.87. The van der Waals surface area contributed by atoms with Gasteiger partial charge in [0.2, 0.25) is 0 Å². The first kappa shape index (κ1) is 19.2. The van der Waals surface area contributed by atoms with Gasteiger partial charge in [0.15, 0.2) is 0 Å². The summed E-state index contributed by atoms with van der Waals surface area (Å²) in [5, 5.41) is 2.99. The highest BCUT2D eigenvalue weighted by Crippen LogP contribution is 2.20. The maximum absolute atomic E-state index is 12.7. The fraction of sp³-hybridized carbons (Fsp3) is 0.348. The van der Waals surface area contributed by atoms with Gasteiger partial charge in [0, 0.05) is 24.2 Å². The Morgan fingerprint density at radius 2 is 1.86 bits per heavy atom. The van der Waals surface area contributed by atoms with Gasteiger partial charge >= 0.3 is 0 Å². The van der Waals surface area contributed by atoms with Crippen LogP contribution in [0.5, 0.6) is 0 Å². The molecule has 1 atom stereocenters. The van der Waals surface area contributed by atoms with Crippen LogP contribution in [0.15, 0.2) is 36.4 Å². The number of benzene rings is 2. The quantitative estimate of drug-likeness (QED) is 0.709. The van der Waals surface area contributed by atoms with E-state index in [2.05, 4.69) is 15.3 Å². The van der Waals surface area contributed by atoms with Crippen LogP contribution in [0, 0.1) is 13.8 Å². The van der Waals surface area contributed by atoms with Gasteiger partial charge in [-0.3, -0.25) is 9.59 Å². The van der Waals surface area contributed by atoms with E-state index >= 15 is 0 Å². The zero-order valence-electron chi connectivity index (χ0n) is 17.1. The summed E-state index contributed by atoms with van der Waals surface area (Å²) in [6.45, 7) is 7.44. The van der Waals surface area contributed by atoms with E-state index in [1.807, 2.05) is 43.9 Å². The predicted octanol–water partition coefficient (Wildman–Crippen LogP) is 3.91. The van der Waals surface area contributed by atoms with Crippen molar-refractivity contribution in [2.24, 2.45) is 0 Å². The van der Waals surface area contributed by atoms with Crippen LogP contribution >= 0.6 is 0 Å². The molecule has 1 fully saturated rings. The molecule has 29 heavy (non-hydrogen) atoms. The molecule has 4 rings (SSSR count). The Morgan fingerprint density at radius 1 is 1.10 bits per heavy atom. The lowest BCUT2D eigenvalue weighted by atomic mass is 10.0. The van der Waals surface area contributed by atoms with Crippen molar-refractivity contribution in [3.8, 4) is 0 Å². The van der Waals surface area contributed by atoms with Crippen molar-refractivity contribution in [3.05, 3.63) is 64.5 Å². The van der Waals surface area contributed by atoms with Gasteiger partial charge in [-0.15, -0.1) is 0 Å². The number of carbonyl (C=O) groups is 2. The number of amides is 2. The molecule has 1 aliphatic rings. The van der Waals surface area contributed by atoms with Gasteiger partial charge < -0.3 is 15.2 Å². The SMILES string of the molecule is Cc1ccc2[nH]c(C(C)NC(=O)c3ccc(C(=O)N4CCCC4)c(C)c3)nc2c1. The van der Waals surface area contributed by atoms with Crippen molar-refractivity contribution in [2.45, 2.75) is 39.7 Å². The number of aromatic nitrogens is 2. The molecule has 6 heteroatoms. The molecule has 0 bridgehead atoms. The van der Waals surface area contributed by atoms with E-state index in [-0.39, 0.29) is 17.9 Å². The summed E-state index contributed by atoms with van der Waals surface area (Å²) in [6.07, 6.45) is 2.12. The molecule has 1 unspecified atom stereocenters. The number of aromatic amines is 1. The fourth-order valence-corrected chi connectivity index (χ4v) is 3.82. The average Bonchev–Trinajstić information content (AvgIpc) is 3.36. The van der Waals surface area contributed by atoms with Crippen molar-refractivity contribution in [2.75, 3.05) is 13.1 Å².